The third-order valence-electron chi connectivity index (χ3n) is 7.08. The van der Waals surface area contributed by atoms with Crippen molar-refractivity contribution >= 4 is 17.1 Å². The van der Waals surface area contributed by atoms with Crippen LogP contribution in [0, 0.1) is 18.3 Å². The first-order chi connectivity index (χ1) is 17.2. The van der Waals surface area contributed by atoms with E-state index in [0.29, 0.717) is 5.56 Å². The zero-order valence-corrected chi connectivity index (χ0v) is 19.5. The molecule has 0 unspecified atom stereocenters. The van der Waals surface area contributed by atoms with Crippen molar-refractivity contribution in [3.8, 4) is 6.07 Å². The second kappa shape index (κ2) is 8.31. The Morgan fingerprint density at radius 1 is 0.571 bits per heavy atom. The van der Waals surface area contributed by atoms with Gasteiger partial charge in [-0.2, -0.15) is 5.26 Å². The van der Waals surface area contributed by atoms with Crippen LogP contribution in [0.15, 0.2) is 127 Å². The van der Waals surface area contributed by atoms with Gasteiger partial charge in [0, 0.05) is 5.69 Å². The van der Waals surface area contributed by atoms with Crippen LogP contribution in [0.3, 0.4) is 0 Å². The fourth-order valence-electron chi connectivity index (χ4n) is 5.65. The number of anilines is 3. The molecule has 0 saturated carbocycles. The lowest BCUT2D eigenvalue weighted by Crippen LogP contribution is -2.37. The molecule has 0 amide bonds. The molecule has 1 heterocycles. The molecule has 1 aliphatic heterocycles. The number of fused-ring (bicyclic) bond motifs is 2. The highest BCUT2D eigenvalue weighted by molar-refractivity contribution is 5.90. The quantitative estimate of drug-likeness (QED) is 0.274. The first-order valence-electron chi connectivity index (χ1n) is 11.9. The summed E-state index contributed by atoms with van der Waals surface area (Å²) in [6, 6.07) is 47.3. The van der Waals surface area contributed by atoms with E-state index in [1.54, 1.807) is 0 Å². The van der Waals surface area contributed by atoms with E-state index in [9.17, 15) is 5.26 Å². The van der Waals surface area contributed by atoms with Crippen molar-refractivity contribution in [2.24, 2.45) is 0 Å². The van der Waals surface area contributed by atoms with Crippen LogP contribution in [0.4, 0.5) is 17.1 Å². The fourth-order valence-corrected chi connectivity index (χ4v) is 5.65. The van der Waals surface area contributed by atoms with Gasteiger partial charge in [0.05, 0.1) is 28.4 Å². The lowest BCUT2D eigenvalue weighted by molar-refractivity contribution is 0.731. The number of nitrogens with zero attached hydrogens (tertiary/aromatic N) is 2. The number of para-hydroxylation sites is 2. The van der Waals surface area contributed by atoms with Gasteiger partial charge < -0.3 is 4.90 Å². The summed E-state index contributed by atoms with van der Waals surface area (Å²) in [4.78, 5) is 2.35. The average molecular weight is 449 g/mol. The van der Waals surface area contributed by atoms with Gasteiger partial charge in [0.15, 0.2) is 0 Å². The molecular formula is C33H24N2. The Balaban J connectivity index is 1.75. The molecule has 0 N–H and O–H groups in total. The van der Waals surface area contributed by atoms with Crippen molar-refractivity contribution in [3.05, 3.63) is 161 Å². The second-order valence-electron chi connectivity index (χ2n) is 8.96. The molecule has 5 aromatic carbocycles. The lowest BCUT2D eigenvalue weighted by Gasteiger charge is -2.46. The van der Waals surface area contributed by atoms with E-state index in [1.807, 2.05) is 12.1 Å². The van der Waals surface area contributed by atoms with Crippen molar-refractivity contribution in [1.29, 1.82) is 5.26 Å². The Kier molecular flexibility index (Phi) is 4.98. The van der Waals surface area contributed by atoms with E-state index in [2.05, 4.69) is 133 Å². The molecular weight excluding hydrogens is 424 g/mol. The van der Waals surface area contributed by atoms with Gasteiger partial charge in [-0.25, -0.2) is 0 Å². The molecule has 0 saturated heterocycles. The molecule has 0 aromatic heterocycles. The smallest absolute Gasteiger partial charge is 0.0991 e. The van der Waals surface area contributed by atoms with Gasteiger partial charge in [0.2, 0.25) is 0 Å². The number of hydrogen-bond donors (Lipinski definition) is 0. The molecule has 35 heavy (non-hydrogen) atoms. The van der Waals surface area contributed by atoms with Crippen LogP contribution in [0.25, 0.3) is 0 Å². The van der Waals surface area contributed by atoms with Crippen molar-refractivity contribution in [2.45, 2.75) is 12.3 Å². The maximum Gasteiger partial charge on any atom is 0.0991 e. The standard InChI is InChI=1S/C33H24N2/c1-24-22-25(23-34)20-21-30(24)35-31-18-10-8-16-28(31)33(26-12-4-2-5-13-26,27-14-6-3-7-15-27)29-17-9-11-19-32(29)35/h2-22H,1H3. The summed E-state index contributed by atoms with van der Waals surface area (Å²) in [6.45, 7) is 2.08. The SMILES string of the molecule is Cc1cc(C#N)ccc1N1c2ccccc2C(c2ccccc2)(c2ccccc2)c2ccccc21. The summed E-state index contributed by atoms with van der Waals surface area (Å²) in [6.07, 6.45) is 0. The molecule has 5 aromatic rings. The molecule has 2 nitrogen and oxygen atoms in total. The monoisotopic (exact) mass is 448 g/mol. The minimum Gasteiger partial charge on any atom is -0.310 e. The number of benzene rings is 5. The van der Waals surface area contributed by atoms with Crippen LogP contribution >= 0.6 is 0 Å². The normalized spacial score (nSPS) is 13.4. The average Bonchev–Trinajstić information content (AvgIpc) is 2.93. The Morgan fingerprint density at radius 2 is 1.06 bits per heavy atom. The van der Waals surface area contributed by atoms with Crippen LogP contribution in [0.2, 0.25) is 0 Å². The van der Waals surface area contributed by atoms with Crippen molar-refractivity contribution in [1.82, 2.24) is 0 Å². The lowest BCUT2D eigenvalue weighted by atomic mass is 9.62. The molecule has 0 fully saturated rings. The summed E-state index contributed by atoms with van der Waals surface area (Å²) in [7, 11) is 0. The van der Waals surface area contributed by atoms with Gasteiger partial charge in [0.25, 0.3) is 0 Å². The molecule has 166 valence electrons. The Labute approximate surface area is 206 Å². The minimum atomic E-state index is -0.466. The van der Waals surface area contributed by atoms with Gasteiger partial charge in [-0.3, -0.25) is 0 Å². The van der Waals surface area contributed by atoms with Crippen LogP contribution in [0.5, 0.6) is 0 Å². The van der Waals surface area contributed by atoms with Crippen LogP contribution in [-0.2, 0) is 5.41 Å². The largest absolute Gasteiger partial charge is 0.310 e. The Bertz CT molecular complexity index is 1470. The molecule has 0 bridgehead atoms. The van der Waals surface area contributed by atoms with Crippen LogP contribution < -0.4 is 4.90 Å². The zero-order chi connectivity index (χ0) is 23.8. The van der Waals surface area contributed by atoms with Gasteiger partial charge in [-0.05, 0) is 65.1 Å². The predicted octanol–water partition coefficient (Wildman–Crippen LogP) is 8.03. The van der Waals surface area contributed by atoms with Gasteiger partial charge in [-0.15, -0.1) is 0 Å². The van der Waals surface area contributed by atoms with E-state index in [1.165, 1.54) is 22.3 Å². The number of hydrogen-bond acceptors (Lipinski definition) is 2. The van der Waals surface area contributed by atoms with Gasteiger partial charge in [-0.1, -0.05) is 97.1 Å². The fraction of sp³-hybridized carbons (Fsp3) is 0.0606. The highest BCUT2D eigenvalue weighted by Crippen LogP contribution is 2.57. The second-order valence-corrected chi connectivity index (χ2v) is 8.96. The molecule has 1 aliphatic rings. The Hall–Kier alpha value is -4.61. The summed E-state index contributed by atoms with van der Waals surface area (Å²) in [5, 5.41) is 9.44. The first-order valence-corrected chi connectivity index (χ1v) is 11.9. The van der Waals surface area contributed by atoms with Gasteiger partial charge in [0.1, 0.15) is 0 Å². The minimum absolute atomic E-state index is 0.466. The molecule has 2 heteroatoms. The summed E-state index contributed by atoms with van der Waals surface area (Å²) < 4.78 is 0. The van der Waals surface area contributed by atoms with E-state index in [-0.39, 0.29) is 0 Å². The zero-order valence-electron chi connectivity index (χ0n) is 19.5. The topological polar surface area (TPSA) is 27.0 Å². The van der Waals surface area contributed by atoms with E-state index < -0.39 is 5.41 Å². The number of nitriles is 1. The van der Waals surface area contributed by atoms with E-state index in [4.69, 9.17) is 0 Å². The van der Waals surface area contributed by atoms with E-state index in [0.717, 1.165) is 22.6 Å². The Morgan fingerprint density at radius 3 is 1.54 bits per heavy atom. The van der Waals surface area contributed by atoms with Crippen LogP contribution in [-0.4, -0.2) is 0 Å². The third kappa shape index (κ3) is 3.10. The van der Waals surface area contributed by atoms with E-state index >= 15 is 0 Å². The summed E-state index contributed by atoms with van der Waals surface area (Å²) in [5.41, 5.74) is 9.60. The van der Waals surface area contributed by atoms with Crippen molar-refractivity contribution in [2.75, 3.05) is 4.90 Å². The number of aryl methyl sites for hydroxylation is 1. The van der Waals surface area contributed by atoms with Crippen LogP contribution in [0.1, 0.15) is 33.4 Å². The summed E-state index contributed by atoms with van der Waals surface area (Å²) in [5.74, 6) is 0. The van der Waals surface area contributed by atoms with Crippen molar-refractivity contribution < 1.29 is 0 Å². The highest BCUT2D eigenvalue weighted by Gasteiger charge is 2.46. The highest BCUT2D eigenvalue weighted by atomic mass is 15.2. The molecule has 0 radical (unpaired) electrons. The maximum atomic E-state index is 9.44. The van der Waals surface area contributed by atoms with Gasteiger partial charge >= 0.3 is 0 Å². The third-order valence-corrected chi connectivity index (χ3v) is 7.08. The van der Waals surface area contributed by atoms with Crippen molar-refractivity contribution in [3.63, 3.8) is 0 Å². The first kappa shape index (κ1) is 21.0. The number of rotatable bonds is 3. The molecule has 6 rings (SSSR count). The molecule has 0 aliphatic carbocycles. The summed E-state index contributed by atoms with van der Waals surface area (Å²) >= 11 is 0. The molecule has 0 spiro atoms. The maximum absolute atomic E-state index is 9.44. The molecule has 0 atom stereocenters. The predicted molar refractivity (Wildman–Crippen MR) is 142 cm³/mol.